The number of carboxylic acid groups (broad SMARTS) is 1. The van der Waals surface area contributed by atoms with Crippen LogP contribution in [0.1, 0.15) is 11.1 Å². The van der Waals surface area contributed by atoms with E-state index in [1.165, 1.54) is 12.1 Å². The first kappa shape index (κ1) is 16.5. The van der Waals surface area contributed by atoms with Crippen molar-refractivity contribution < 1.29 is 67.1 Å². The van der Waals surface area contributed by atoms with Gasteiger partial charge in [0.1, 0.15) is 0 Å². The topological polar surface area (TPSA) is 61.1 Å². The van der Waals surface area contributed by atoms with Crippen LogP contribution in [-0.2, 0) is 11.0 Å². The molecular weight excluding hydrogens is 450 g/mol. The van der Waals surface area contributed by atoms with Gasteiger partial charge in [-0.2, -0.15) is 13.2 Å². The van der Waals surface area contributed by atoms with Gasteiger partial charge in [0, 0.05) is 44.1 Å². The molecule has 0 aromatic heterocycles. The predicted molar refractivity (Wildman–Crippen MR) is 51.4 cm³/mol. The summed E-state index contributed by atoms with van der Waals surface area (Å²) in [5.41, 5.74) is 4.78. The molecule has 1 aromatic carbocycles. The Morgan fingerprint density at radius 2 is 1.82 bits per heavy atom. The van der Waals surface area contributed by atoms with Crippen LogP contribution in [0, 0.1) is 44.1 Å². The number of hydrogen-bond donors (Lipinski definition) is 1. The van der Waals surface area contributed by atoms with Gasteiger partial charge in [0.05, 0.1) is 5.56 Å². The van der Waals surface area contributed by atoms with Gasteiger partial charge in [0.2, 0.25) is 0 Å². The Labute approximate surface area is 131 Å². The Morgan fingerprint density at radius 3 is 2.29 bits per heavy atom. The molecule has 0 spiro atoms. The van der Waals surface area contributed by atoms with E-state index in [0.29, 0.717) is 6.08 Å². The minimum absolute atomic E-state index is 0. The van der Waals surface area contributed by atoms with E-state index >= 15 is 0 Å². The Balaban J connectivity index is 0.00000256. The summed E-state index contributed by atoms with van der Waals surface area (Å²) in [4.78, 5) is 10.3. The monoisotopic (exact) mass is 457 g/mol. The normalized spacial score (nSPS) is 11.8. The Bertz CT molecular complexity index is 443. The molecule has 0 unspecified atom stereocenters. The van der Waals surface area contributed by atoms with Gasteiger partial charge in [-0.25, -0.2) is 4.79 Å². The third kappa shape index (κ3) is 4.68. The van der Waals surface area contributed by atoms with Crippen molar-refractivity contribution in [2.45, 2.75) is 6.18 Å². The zero-order valence-corrected chi connectivity index (χ0v) is 13.2. The van der Waals surface area contributed by atoms with E-state index in [2.05, 4.69) is 0 Å². The van der Waals surface area contributed by atoms with Crippen molar-refractivity contribution in [2.24, 2.45) is 0 Å². The quantitative estimate of drug-likeness (QED) is 0.694. The van der Waals surface area contributed by atoms with Crippen molar-refractivity contribution in [1.82, 2.24) is 0 Å². The van der Waals surface area contributed by atoms with Crippen molar-refractivity contribution in [2.75, 3.05) is 0 Å². The molecule has 0 aliphatic rings. The van der Waals surface area contributed by atoms with Gasteiger partial charge in [-0.15, -0.1) is 0 Å². The fourth-order valence-corrected chi connectivity index (χ4v) is 1.10. The summed E-state index contributed by atoms with van der Waals surface area (Å²) in [6.07, 6.45) is -3.89. The van der Waals surface area contributed by atoms with Crippen LogP contribution in [0.15, 0.2) is 30.0 Å². The maximum absolute atomic E-state index is 12.5. The van der Waals surface area contributed by atoms with E-state index in [1.54, 1.807) is 0 Å². The molecule has 1 radical (unpaired) electrons. The molecule has 0 fully saturated rings. The summed E-state index contributed by atoms with van der Waals surface area (Å²) >= 11 is 0. The molecule has 0 saturated heterocycles. The zero-order chi connectivity index (χ0) is 12.3. The summed E-state index contributed by atoms with van der Waals surface area (Å²) in [6.45, 7) is 0. The van der Waals surface area contributed by atoms with E-state index in [0.717, 1.165) is 12.1 Å². The average molecular weight is 457 g/mol. The molecule has 7 heteroatoms. The summed E-state index contributed by atoms with van der Waals surface area (Å²) in [7, 11) is 0. The number of carboxylic acids is 1. The number of rotatable bonds is 2. The van der Waals surface area contributed by atoms with E-state index in [-0.39, 0.29) is 49.6 Å². The molecular formula is C10H7AcF3NO2-. The fraction of sp³-hybridized carbons (Fsp3) is 0.100. The Hall–Kier alpha value is -0.538. The molecule has 0 heterocycles. The molecule has 0 aliphatic carbocycles. The van der Waals surface area contributed by atoms with Crippen LogP contribution in [-0.4, -0.2) is 11.1 Å². The molecule has 89 valence electrons. The van der Waals surface area contributed by atoms with Crippen LogP contribution in [0.2, 0.25) is 0 Å². The van der Waals surface area contributed by atoms with E-state index in [1.807, 2.05) is 0 Å². The van der Waals surface area contributed by atoms with Gasteiger partial charge in [-0.1, -0.05) is 30.0 Å². The molecule has 2 N–H and O–H groups in total. The number of carbonyl (C=O) groups is 1. The Kier molecular flexibility index (Phi) is 6.21. The van der Waals surface area contributed by atoms with Gasteiger partial charge < -0.3 is 10.8 Å². The third-order valence-corrected chi connectivity index (χ3v) is 1.80. The molecule has 0 bridgehead atoms. The first-order valence-electron chi connectivity index (χ1n) is 4.15. The number of halogens is 3. The number of aliphatic carboxylic acids is 1. The second-order valence-electron chi connectivity index (χ2n) is 2.95. The molecule has 1 rings (SSSR count). The maximum Gasteiger partial charge on any atom is 0.416 e. The molecule has 0 aliphatic heterocycles. The van der Waals surface area contributed by atoms with Crippen molar-refractivity contribution in [1.29, 1.82) is 0 Å². The van der Waals surface area contributed by atoms with Crippen LogP contribution in [0.25, 0.3) is 11.8 Å². The van der Waals surface area contributed by atoms with Gasteiger partial charge in [-0.05, 0) is 11.6 Å². The second-order valence-corrected chi connectivity index (χ2v) is 2.95. The van der Waals surface area contributed by atoms with Crippen molar-refractivity contribution >= 4 is 12.0 Å². The summed E-state index contributed by atoms with van der Waals surface area (Å²) in [6, 6.07) is 4.49. The van der Waals surface area contributed by atoms with Crippen LogP contribution in [0.5, 0.6) is 0 Å². The number of benzene rings is 1. The van der Waals surface area contributed by atoms with Gasteiger partial charge in [0.25, 0.3) is 0 Å². The van der Waals surface area contributed by atoms with Crippen molar-refractivity contribution in [3.05, 3.63) is 46.8 Å². The van der Waals surface area contributed by atoms with E-state index < -0.39 is 23.4 Å². The zero-order valence-electron chi connectivity index (χ0n) is 8.45. The van der Waals surface area contributed by atoms with Crippen LogP contribution < -0.4 is 0 Å². The van der Waals surface area contributed by atoms with E-state index in [9.17, 15) is 18.0 Å². The number of alkyl halides is 3. The van der Waals surface area contributed by atoms with Crippen LogP contribution in [0.3, 0.4) is 0 Å². The van der Waals surface area contributed by atoms with Gasteiger partial charge >= 0.3 is 12.1 Å². The fourth-order valence-electron chi connectivity index (χ4n) is 1.10. The second kappa shape index (κ2) is 6.41. The van der Waals surface area contributed by atoms with Crippen LogP contribution in [0.4, 0.5) is 13.2 Å². The molecule has 3 nitrogen and oxygen atoms in total. The first-order valence-corrected chi connectivity index (χ1v) is 4.15. The Morgan fingerprint density at radius 1 is 1.29 bits per heavy atom. The van der Waals surface area contributed by atoms with Gasteiger partial charge in [-0.3, -0.25) is 0 Å². The molecule has 1 aromatic rings. The standard InChI is InChI=1S/C10H7F3NO2.Ac/c11-10(12,13)7-4-2-1-3-6(7)5-8(14)9(15)16;/h1-5,14H,(H,15,16);/q-1;/b8-5-;. The average Bonchev–Trinajstić information content (AvgIpc) is 2.16. The maximum atomic E-state index is 12.5. The smallest absolute Gasteiger partial charge is 0.416 e. The minimum Gasteiger partial charge on any atom is -0.693 e. The third-order valence-electron chi connectivity index (χ3n) is 1.80. The SMILES string of the molecule is [Ac].[NH-]/C(=C\c1ccccc1C(F)(F)F)C(=O)O. The van der Waals surface area contributed by atoms with Crippen LogP contribution >= 0.6 is 0 Å². The minimum atomic E-state index is -4.56. The largest absolute Gasteiger partial charge is 0.693 e. The number of nitrogens with one attached hydrogen (secondary N) is 1. The van der Waals surface area contributed by atoms with Gasteiger partial charge in [0.15, 0.2) is 0 Å². The summed E-state index contributed by atoms with van der Waals surface area (Å²) in [5, 5.41) is 8.40. The molecule has 0 atom stereocenters. The van der Waals surface area contributed by atoms with E-state index in [4.69, 9.17) is 10.8 Å². The molecule has 17 heavy (non-hydrogen) atoms. The van der Waals surface area contributed by atoms with Crippen molar-refractivity contribution in [3.8, 4) is 0 Å². The number of hydrogen-bond acceptors (Lipinski definition) is 1. The molecule has 0 saturated carbocycles. The summed E-state index contributed by atoms with van der Waals surface area (Å²) in [5.74, 6) is -1.57. The summed E-state index contributed by atoms with van der Waals surface area (Å²) < 4.78 is 37.4. The van der Waals surface area contributed by atoms with Crippen molar-refractivity contribution in [3.63, 3.8) is 0 Å². The predicted octanol–water partition coefficient (Wildman–Crippen LogP) is 3.18. The molecule has 0 amide bonds. The first-order chi connectivity index (χ1) is 7.32.